The van der Waals surface area contributed by atoms with Crippen LogP contribution >= 0.6 is 0 Å². The van der Waals surface area contributed by atoms with Crippen molar-refractivity contribution in [3.05, 3.63) is 29.3 Å². The average molecular weight is 286 g/mol. The lowest BCUT2D eigenvalue weighted by molar-refractivity contribution is -0.131. The Morgan fingerprint density at radius 1 is 1.29 bits per heavy atom. The van der Waals surface area contributed by atoms with Gasteiger partial charge in [-0.3, -0.25) is 4.79 Å². The minimum atomic E-state index is 0.130. The molecule has 21 heavy (non-hydrogen) atoms. The molecule has 0 heterocycles. The van der Waals surface area contributed by atoms with Crippen molar-refractivity contribution in [2.75, 3.05) is 5.73 Å². The Balaban J connectivity index is 1.72. The van der Waals surface area contributed by atoms with Gasteiger partial charge in [0.2, 0.25) is 5.91 Å². The molecule has 3 nitrogen and oxygen atoms in total. The number of nitrogens with one attached hydrogen (secondary N) is 1. The molecule has 3 rings (SSSR count). The van der Waals surface area contributed by atoms with Crippen molar-refractivity contribution in [1.29, 1.82) is 0 Å². The Bertz CT molecular complexity index is 550. The summed E-state index contributed by atoms with van der Waals surface area (Å²) in [4.78, 5) is 12.7. The van der Waals surface area contributed by atoms with E-state index in [4.69, 9.17) is 5.73 Å². The summed E-state index contributed by atoms with van der Waals surface area (Å²) in [6, 6.07) is 6.24. The molecule has 1 aromatic carbocycles. The van der Waals surface area contributed by atoms with E-state index in [1.54, 1.807) is 0 Å². The van der Waals surface area contributed by atoms with E-state index in [-0.39, 0.29) is 23.3 Å². The van der Waals surface area contributed by atoms with Gasteiger partial charge in [0.05, 0.1) is 6.04 Å². The summed E-state index contributed by atoms with van der Waals surface area (Å²) in [6.45, 7) is 4.47. The summed E-state index contributed by atoms with van der Waals surface area (Å²) in [5.41, 5.74) is 9.34. The van der Waals surface area contributed by atoms with Gasteiger partial charge in [-0.2, -0.15) is 0 Å². The second kappa shape index (κ2) is 5.36. The zero-order valence-electron chi connectivity index (χ0n) is 13.1. The fourth-order valence-electron chi connectivity index (χ4n) is 4.04. The summed E-state index contributed by atoms with van der Waals surface area (Å²) < 4.78 is 0. The fourth-order valence-corrected chi connectivity index (χ4v) is 4.04. The van der Waals surface area contributed by atoms with Crippen LogP contribution in [0.25, 0.3) is 0 Å². The Kier molecular flexibility index (Phi) is 3.68. The van der Waals surface area contributed by atoms with E-state index in [2.05, 4.69) is 25.2 Å². The zero-order valence-corrected chi connectivity index (χ0v) is 13.1. The van der Waals surface area contributed by atoms with Crippen LogP contribution in [0.4, 0.5) is 5.69 Å². The number of benzene rings is 1. The van der Waals surface area contributed by atoms with E-state index in [9.17, 15) is 4.79 Å². The first kappa shape index (κ1) is 14.4. The van der Waals surface area contributed by atoms with Crippen molar-refractivity contribution < 1.29 is 4.79 Å². The normalized spacial score (nSPS) is 27.1. The van der Waals surface area contributed by atoms with Crippen LogP contribution in [-0.4, -0.2) is 5.91 Å². The van der Waals surface area contributed by atoms with E-state index in [0.717, 1.165) is 31.4 Å². The largest absolute Gasteiger partial charge is 0.399 e. The molecule has 2 unspecified atom stereocenters. The van der Waals surface area contributed by atoms with Crippen molar-refractivity contribution in [3.63, 3.8) is 0 Å². The van der Waals surface area contributed by atoms with E-state index in [0.29, 0.717) is 0 Å². The highest BCUT2D eigenvalue weighted by Gasteiger charge is 2.38. The highest BCUT2D eigenvalue weighted by atomic mass is 16.2. The minimum Gasteiger partial charge on any atom is -0.399 e. The molecule has 3 N–H and O–H groups in total. The highest BCUT2D eigenvalue weighted by molar-refractivity contribution is 5.80. The molecule has 0 spiro atoms. The molecule has 2 aliphatic rings. The molecule has 2 atom stereocenters. The van der Waals surface area contributed by atoms with Crippen molar-refractivity contribution in [1.82, 2.24) is 5.32 Å². The molecule has 1 aromatic rings. The molecule has 1 amide bonds. The Morgan fingerprint density at radius 2 is 2.10 bits per heavy atom. The summed E-state index contributed by atoms with van der Waals surface area (Å²) in [5, 5.41) is 3.30. The molecule has 2 aliphatic carbocycles. The first-order valence-corrected chi connectivity index (χ1v) is 8.16. The van der Waals surface area contributed by atoms with Crippen LogP contribution in [0.1, 0.15) is 63.1 Å². The van der Waals surface area contributed by atoms with Gasteiger partial charge in [0.1, 0.15) is 0 Å². The number of rotatable bonds is 2. The van der Waals surface area contributed by atoms with Crippen LogP contribution in [0.5, 0.6) is 0 Å². The quantitative estimate of drug-likeness (QED) is 0.816. The maximum Gasteiger partial charge on any atom is 0.224 e. The lowest BCUT2D eigenvalue weighted by atomic mass is 9.68. The van der Waals surface area contributed by atoms with Gasteiger partial charge in [-0.15, -0.1) is 0 Å². The highest BCUT2D eigenvalue weighted by Crippen LogP contribution is 2.41. The third-order valence-electron chi connectivity index (χ3n) is 5.39. The van der Waals surface area contributed by atoms with Crippen LogP contribution < -0.4 is 11.1 Å². The number of nitrogens with two attached hydrogens (primary N) is 1. The van der Waals surface area contributed by atoms with Crippen molar-refractivity contribution in [3.8, 4) is 0 Å². The van der Waals surface area contributed by atoms with Gasteiger partial charge in [0.25, 0.3) is 0 Å². The number of carbonyl (C=O) groups is 1. The Labute approximate surface area is 127 Å². The second-order valence-corrected chi connectivity index (χ2v) is 7.35. The number of hydrogen-bond acceptors (Lipinski definition) is 2. The minimum absolute atomic E-state index is 0.130. The van der Waals surface area contributed by atoms with Crippen LogP contribution in [-0.2, 0) is 11.2 Å². The maximum absolute atomic E-state index is 12.7. The standard InChI is InChI=1S/C18H26N2O/c1-18(2)10-4-3-5-15(18)17(21)20-16-9-6-12-11-13(19)7-8-14(12)16/h7-8,11,15-16H,3-6,9-10,19H2,1-2H3,(H,20,21). The van der Waals surface area contributed by atoms with Gasteiger partial charge in [-0.05, 0) is 54.4 Å². The maximum atomic E-state index is 12.7. The van der Waals surface area contributed by atoms with Crippen LogP contribution in [0.2, 0.25) is 0 Å². The lowest BCUT2D eigenvalue weighted by Gasteiger charge is -2.38. The number of carbonyl (C=O) groups excluding carboxylic acids is 1. The van der Waals surface area contributed by atoms with Crippen molar-refractivity contribution in [2.45, 2.75) is 58.4 Å². The number of fused-ring (bicyclic) bond motifs is 1. The lowest BCUT2D eigenvalue weighted by Crippen LogP contribution is -2.42. The molecule has 3 heteroatoms. The monoisotopic (exact) mass is 286 g/mol. The van der Waals surface area contributed by atoms with Crippen molar-refractivity contribution in [2.24, 2.45) is 11.3 Å². The van der Waals surface area contributed by atoms with Gasteiger partial charge >= 0.3 is 0 Å². The molecule has 0 aliphatic heterocycles. The third kappa shape index (κ3) is 2.78. The number of amides is 1. The van der Waals surface area contributed by atoms with E-state index >= 15 is 0 Å². The number of aryl methyl sites for hydroxylation is 1. The van der Waals surface area contributed by atoms with Crippen molar-refractivity contribution >= 4 is 11.6 Å². The topological polar surface area (TPSA) is 55.1 Å². The van der Waals surface area contributed by atoms with Gasteiger partial charge in [-0.1, -0.05) is 32.8 Å². The average Bonchev–Trinajstić information content (AvgIpc) is 2.80. The third-order valence-corrected chi connectivity index (χ3v) is 5.39. The molecule has 0 saturated heterocycles. The van der Waals surface area contributed by atoms with Gasteiger partial charge < -0.3 is 11.1 Å². The molecule has 0 radical (unpaired) electrons. The SMILES string of the molecule is CC1(C)CCCCC1C(=O)NC1CCc2cc(N)ccc21. The van der Waals surface area contributed by atoms with Crippen LogP contribution in [0, 0.1) is 11.3 Å². The molecular formula is C18H26N2O. The van der Waals surface area contributed by atoms with Gasteiger partial charge in [0.15, 0.2) is 0 Å². The van der Waals surface area contributed by atoms with Gasteiger partial charge in [-0.25, -0.2) is 0 Å². The number of nitrogen functional groups attached to an aromatic ring is 1. The first-order valence-electron chi connectivity index (χ1n) is 8.16. The van der Waals surface area contributed by atoms with Crippen LogP contribution in [0.3, 0.4) is 0 Å². The Morgan fingerprint density at radius 3 is 2.86 bits per heavy atom. The Hall–Kier alpha value is -1.51. The molecule has 0 bridgehead atoms. The van der Waals surface area contributed by atoms with E-state index < -0.39 is 0 Å². The molecular weight excluding hydrogens is 260 g/mol. The number of anilines is 1. The number of hydrogen-bond donors (Lipinski definition) is 2. The van der Waals surface area contributed by atoms with Gasteiger partial charge in [0, 0.05) is 11.6 Å². The summed E-state index contributed by atoms with van der Waals surface area (Å²) in [7, 11) is 0. The molecule has 114 valence electrons. The molecule has 0 aromatic heterocycles. The summed E-state index contributed by atoms with van der Waals surface area (Å²) >= 11 is 0. The summed E-state index contributed by atoms with van der Waals surface area (Å²) in [6.07, 6.45) is 6.63. The molecule has 1 fully saturated rings. The zero-order chi connectivity index (χ0) is 15.0. The predicted octanol–water partition coefficient (Wildman–Crippen LogP) is 3.59. The van der Waals surface area contributed by atoms with E-state index in [1.165, 1.54) is 24.0 Å². The van der Waals surface area contributed by atoms with E-state index in [1.807, 2.05) is 12.1 Å². The fraction of sp³-hybridized carbons (Fsp3) is 0.611. The van der Waals surface area contributed by atoms with Crippen LogP contribution in [0.15, 0.2) is 18.2 Å². The smallest absolute Gasteiger partial charge is 0.224 e. The first-order chi connectivity index (χ1) is 9.97. The second-order valence-electron chi connectivity index (χ2n) is 7.35. The molecule has 1 saturated carbocycles. The predicted molar refractivity (Wildman–Crippen MR) is 85.8 cm³/mol. The summed E-state index contributed by atoms with van der Waals surface area (Å²) in [5.74, 6) is 0.401.